The highest BCUT2D eigenvalue weighted by Crippen LogP contribution is 2.08. The number of aryl methyl sites for hydroxylation is 3. The van der Waals surface area contributed by atoms with Crippen molar-refractivity contribution < 1.29 is 0 Å². The Morgan fingerprint density at radius 2 is 2.24 bits per heavy atom. The molecule has 0 aliphatic rings. The van der Waals surface area contributed by atoms with E-state index in [1.54, 1.807) is 0 Å². The third-order valence-electron chi connectivity index (χ3n) is 2.81. The summed E-state index contributed by atoms with van der Waals surface area (Å²) >= 11 is 0. The highest BCUT2D eigenvalue weighted by molar-refractivity contribution is 5.35. The fourth-order valence-corrected chi connectivity index (χ4v) is 1.77. The van der Waals surface area contributed by atoms with Crippen LogP contribution in [0.2, 0.25) is 0 Å². The zero-order valence-corrected chi connectivity index (χ0v) is 10.6. The van der Waals surface area contributed by atoms with Crippen LogP contribution in [0.5, 0.6) is 0 Å². The minimum absolute atomic E-state index is 0.712. The van der Waals surface area contributed by atoms with Gasteiger partial charge in [-0.3, -0.25) is 4.68 Å². The van der Waals surface area contributed by atoms with Crippen LogP contribution in [0.25, 0.3) is 0 Å². The first-order chi connectivity index (χ1) is 8.20. The van der Waals surface area contributed by atoms with Crippen molar-refractivity contribution in [3.8, 4) is 0 Å². The van der Waals surface area contributed by atoms with Gasteiger partial charge < -0.3 is 9.88 Å². The number of nitrogens with one attached hydrogen (secondary N) is 1. The summed E-state index contributed by atoms with van der Waals surface area (Å²) in [6.45, 7) is 5.93. The maximum absolute atomic E-state index is 4.35. The van der Waals surface area contributed by atoms with E-state index in [2.05, 4.69) is 26.9 Å². The Hall–Kier alpha value is -1.78. The molecular weight excluding hydrogens is 214 g/mol. The van der Waals surface area contributed by atoms with E-state index < -0.39 is 0 Å². The predicted molar refractivity (Wildman–Crippen MR) is 67.8 cm³/mol. The van der Waals surface area contributed by atoms with Gasteiger partial charge in [0.05, 0.1) is 6.54 Å². The van der Waals surface area contributed by atoms with Crippen LogP contribution in [0.15, 0.2) is 18.5 Å². The number of imidazole rings is 1. The highest BCUT2D eigenvalue weighted by atomic mass is 15.3. The second-order valence-corrected chi connectivity index (χ2v) is 4.18. The third-order valence-corrected chi connectivity index (χ3v) is 2.81. The van der Waals surface area contributed by atoms with Gasteiger partial charge in [0.1, 0.15) is 11.6 Å². The van der Waals surface area contributed by atoms with Crippen LogP contribution in [-0.4, -0.2) is 19.3 Å². The number of anilines is 1. The zero-order chi connectivity index (χ0) is 12.3. The van der Waals surface area contributed by atoms with Crippen LogP contribution in [0, 0.1) is 6.92 Å². The summed E-state index contributed by atoms with van der Waals surface area (Å²) in [6, 6.07) is 2.03. The average molecular weight is 233 g/mol. The summed E-state index contributed by atoms with van der Waals surface area (Å²) in [5.74, 6) is 1.95. The van der Waals surface area contributed by atoms with Gasteiger partial charge in [0.15, 0.2) is 0 Å². The Morgan fingerprint density at radius 3 is 2.88 bits per heavy atom. The van der Waals surface area contributed by atoms with Crippen molar-refractivity contribution in [2.45, 2.75) is 33.4 Å². The summed E-state index contributed by atoms with van der Waals surface area (Å²) in [6.07, 6.45) is 4.98. The van der Waals surface area contributed by atoms with E-state index >= 15 is 0 Å². The molecule has 2 aromatic heterocycles. The van der Waals surface area contributed by atoms with Crippen molar-refractivity contribution in [2.75, 3.05) is 5.32 Å². The summed E-state index contributed by atoms with van der Waals surface area (Å²) in [5.41, 5.74) is 1.14. The molecule has 0 radical (unpaired) electrons. The summed E-state index contributed by atoms with van der Waals surface area (Å²) in [7, 11) is 1.94. The van der Waals surface area contributed by atoms with Crippen molar-refractivity contribution in [3.05, 3.63) is 30.0 Å². The lowest BCUT2D eigenvalue weighted by atomic mass is 10.4. The van der Waals surface area contributed by atoms with Crippen LogP contribution in [-0.2, 0) is 20.1 Å². The van der Waals surface area contributed by atoms with Gasteiger partial charge in [-0.05, 0) is 13.3 Å². The summed E-state index contributed by atoms with van der Waals surface area (Å²) < 4.78 is 4.03. The van der Waals surface area contributed by atoms with Crippen LogP contribution < -0.4 is 5.32 Å². The molecule has 0 aliphatic carbocycles. The van der Waals surface area contributed by atoms with Gasteiger partial charge in [-0.15, -0.1) is 0 Å². The first kappa shape index (κ1) is 11.7. The normalized spacial score (nSPS) is 10.8. The SMILES string of the molecule is CCCn1ccnc1CNc1cc(C)n(C)n1. The number of nitrogens with zero attached hydrogens (tertiary/aromatic N) is 4. The fourth-order valence-electron chi connectivity index (χ4n) is 1.77. The number of hydrogen-bond donors (Lipinski definition) is 1. The zero-order valence-electron chi connectivity index (χ0n) is 10.6. The van der Waals surface area contributed by atoms with Crippen molar-refractivity contribution in [1.82, 2.24) is 19.3 Å². The molecule has 0 unspecified atom stereocenters. The molecule has 1 N–H and O–H groups in total. The molecule has 5 heteroatoms. The molecule has 0 aromatic carbocycles. The molecule has 5 nitrogen and oxygen atoms in total. The highest BCUT2D eigenvalue weighted by Gasteiger charge is 2.04. The standard InChI is InChI=1S/C12H19N5/c1-4-6-17-7-5-13-12(17)9-14-11-8-10(2)16(3)15-11/h5,7-8H,4,6,9H2,1-3H3,(H,14,15). The Kier molecular flexibility index (Phi) is 3.46. The van der Waals surface area contributed by atoms with Gasteiger partial charge >= 0.3 is 0 Å². The van der Waals surface area contributed by atoms with E-state index in [9.17, 15) is 0 Å². The molecule has 0 spiro atoms. The van der Waals surface area contributed by atoms with Gasteiger partial charge in [-0.2, -0.15) is 5.10 Å². The lowest BCUT2D eigenvalue weighted by Gasteiger charge is -2.06. The Morgan fingerprint density at radius 1 is 1.41 bits per heavy atom. The molecular formula is C12H19N5. The number of rotatable bonds is 5. The predicted octanol–water partition coefficient (Wildman–Crippen LogP) is 1.95. The molecule has 2 aromatic rings. The van der Waals surface area contributed by atoms with Crippen LogP contribution >= 0.6 is 0 Å². The maximum Gasteiger partial charge on any atom is 0.148 e. The van der Waals surface area contributed by atoms with Crippen molar-refractivity contribution in [1.29, 1.82) is 0 Å². The monoisotopic (exact) mass is 233 g/mol. The first-order valence-electron chi connectivity index (χ1n) is 5.95. The summed E-state index contributed by atoms with van der Waals surface area (Å²) in [4.78, 5) is 4.34. The van der Waals surface area contributed by atoms with Crippen molar-refractivity contribution in [3.63, 3.8) is 0 Å². The molecule has 2 rings (SSSR count). The molecule has 0 atom stereocenters. The van der Waals surface area contributed by atoms with Crippen molar-refractivity contribution in [2.24, 2.45) is 7.05 Å². The minimum Gasteiger partial charge on any atom is -0.361 e. The smallest absolute Gasteiger partial charge is 0.148 e. The lowest BCUT2D eigenvalue weighted by Crippen LogP contribution is -2.08. The summed E-state index contributed by atoms with van der Waals surface area (Å²) in [5, 5.41) is 7.65. The molecule has 17 heavy (non-hydrogen) atoms. The van der Waals surface area contributed by atoms with E-state index in [0.717, 1.165) is 30.3 Å². The van der Waals surface area contributed by atoms with Crippen LogP contribution in [0.4, 0.5) is 5.82 Å². The van der Waals surface area contributed by atoms with Gasteiger partial charge in [-0.25, -0.2) is 4.98 Å². The molecule has 0 bridgehead atoms. The van der Waals surface area contributed by atoms with Gasteiger partial charge in [-0.1, -0.05) is 6.92 Å². The Bertz CT molecular complexity index is 463. The largest absolute Gasteiger partial charge is 0.361 e. The fraction of sp³-hybridized carbons (Fsp3) is 0.500. The van der Waals surface area contributed by atoms with E-state index in [0.29, 0.717) is 6.54 Å². The van der Waals surface area contributed by atoms with Crippen molar-refractivity contribution >= 4 is 5.82 Å². The topological polar surface area (TPSA) is 47.7 Å². The van der Waals surface area contributed by atoms with Gasteiger partial charge in [0.25, 0.3) is 0 Å². The van der Waals surface area contributed by atoms with E-state index in [4.69, 9.17) is 0 Å². The Labute approximate surface area is 101 Å². The number of hydrogen-bond acceptors (Lipinski definition) is 3. The molecule has 0 fully saturated rings. The quantitative estimate of drug-likeness (QED) is 0.858. The van der Waals surface area contributed by atoms with Crippen LogP contribution in [0.3, 0.4) is 0 Å². The molecule has 0 aliphatic heterocycles. The lowest BCUT2D eigenvalue weighted by molar-refractivity contribution is 0.643. The molecule has 0 amide bonds. The second kappa shape index (κ2) is 5.03. The van der Waals surface area contributed by atoms with E-state index in [-0.39, 0.29) is 0 Å². The van der Waals surface area contributed by atoms with Gasteiger partial charge in [0, 0.05) is 37.7 Å². The van der Waals surface area contributed by atoms with Gasteiger partial charge in [0.2, 0.25) is 0 Å². The van der Waals surface area contributed by atoms with E-state index in [1.165, 1.54) is 0 Å². The third kappa shape index (κ3) is 2.67. The second-order valence-electron chi connectivity index (χ2n) is 4.18. The number of aromatic nitrogens is 4. The maximum atomic E-state index is 4.35. The molecule has 2 heterocycles. The average Bonchev–Trinajstić information content (AvgIpc) is 2.85. The molecule has 0 saturated heterocycles. The van der Waals surface area contributed by atoms with E-state index in [1.807, 2.05) is 37.1 Å². The first-order valence-corrected chi connectivity index (χ1v) is 5.95. The molecule has 0 saturated carbocycles. The molecule has 92 valence electrons. The Balaban J connectivity index is 1.99. The minimum atomic E-state index is 0.712. The van der Waals surface area contributed by atoms with Crippen LogP contribution in [0.1, 0.15) is 24.9 Å².